The summed E-state index contributed by atoms with van der Waals surface area (Å²) in [6, 6.07) is 15.4. The van der Waals surface area contributed by atoms with E-state index in [0.717, 1.165) is 60.8 Å². The second-order valence-electron chi connectivity index (χ2n) is 9.06. The molecule has 5 aromatic rings. The molecule has 39 heavy (non-hydrogen) atoms. The van der Waals surface area contributed by atoms with E-state index in [4.69, 9.17) is 5.21 Å². The molecule has 1 fully saturated rings. The maximum atomic E-state index is 12.7. The molecule has 3 aromatic heterocycles. The van der Waals surface area contributed by atoms with Crippen molar-refractivity contribution in [2.75, 3.05) is 38.1 Å². The molecule has 2 aromatic carbocycles. The molecule has 0 unspecified atom stereocenters. The number of H-pyrrole nitrogens is 1. The number of piperazine rings is 1. The van der Waals surface area contributed by atoms with Crippen LogP contribution in [0.2, 0.25) is 0 Å². The third-order valence-corrected chi connectivity index (χ3v) is 7.17. The molecule has 0 aliphatic carbocycles. The predicted octanol–water partition coefficient (Wildman–Crippen LogP) is 5.78. The number of hydrogen-bond donors (Lipinski definition) is 3. The number of hydrogen-bond acceptors (Lipinski definition) is 7. The van der Waals surface area contributed by atoms with Crippen molar-refractivity contribution in [2.45, 2.75) is 12.7 Å². The molecular weight excluding hydrogens is 751 g/mol. The minimum Gasteiger partial charge on any atom is -0.353 e. The SMILES string of the molecule is CN(O)Cc1ccc2sccc2c1.FC(F)(F)c1ccc(-c2cc3c(N4CCNCC4)ncnc3[nH]2)cc1.[U]. The average Bonchev–Trinajstić information content (AvgIpc) is 3.55. The molecule has 1 aliphatic heterocycles. The Bertz CT molecular complexity index is 1510. The molecule has 0 saturated carbocycles. The summed E-state index contributed by atoms with van der Waals surface area (Å²) in [4.78, 5) is 14.0. The predicted molar refractivity (Wildman–Crippen MR) is 144 cm³/mol. The van der Waals surface area contributed by atoms with Crippen molar-refractivity contribution in [3.05, 3.63) is 77.4 Å². The molecular formula is C27H27F3N6OSU. The Morgan fingerprint density at radius 3 is 2.46 bits per heavy atom. The van der Waals surface area contributed by atoms with Crippen LogP contribution in [0.15, 0.2) is 66.3 Å². The molecule has 0 amide bonds. The first-order valence-electron chi connectivity index (χ1n) is 12.1. The summed E-state index contributed by atoms with van der Waals surface area (Å²) >= 11 is 1.74. The molecule has 0 bridgehead atoms. The number of nitrogens with zero attached hydrogens (tertiary/aromatic N) is 4. The maximum Gasteiger partial charge on any atom is 0.416 e. The van der Waals surface area contributed by atoms with Gasteiger partial charge in [-0.15, -0.1) is 11.3 Å². The van der Waals surface area contributed by atoms with Crippen LogP contribution in [0.1, 0.15) is 11.1 Å². The fourth-order valence-electron chi connectivity index (χ4n) is 4.43. The molecule has 0 spiro atoms. The Labute approximate surface area is 251 Å². The number of aromatic amines is 1. The number of rotatable bonds is 4. The number of fused-ring (bicyclic) bond motifs is 2. The molecule has 1 aliphatic rings. The third-order valence-electron chi connectivity index (χ3n) is 6.27. The number of aromatic nitrogens is 3. The average molecular weight is 779 g/mol. The number of anilines is 1. The second kappa shape index (κ2) is 12.8. The van der Waals surface area contributed by atoms with Gasteiger partial charge in [0.25, 0.3) is 0 Å². The van der Waals surface area contributed by atoms with Gasteiger partial charge in [-0.1, -0.05) is 18.2 Å². The van der Waals surface area contributed by atoms with Crippen LogP contribution in [0.4, 0.5) is 19.0 Å². The van der Waals surface area contributed by atoms with Crippen LogP contribution in [-0.2, 0) is 12.7 Å². The fraction of sp³-hybridized carbons (Fsp3) is 0.259. The Morgan fingerprint density at radius 1 is 1.03 bits per heavy atom. The largest absolute Gasteiger partial charge is 0.416 e. The van der Waals surface area contributed by atoms with Gasteiger partial charge in [0.2, 0.25) is 0 Å². The van der Waals surface area contributed by atoms with Crippen molar-refractivity contribution < 1.29 is 49.5 Å². The number of benzene rings is 2. The number of alkyl halides is 3. The normalized spacial score (nSPS) is 13.8. The Balaban J connectivity index is 0.000000213. The number of thiophene rings is 1. The van der Waals surface area contributed by atoms with Gasteiger partial charge in [0.1, 0.15) is 17.8 Å². The number of nitrogens with one attached hydrogen (secondary N) is 2. The molecule has 3 N–H and O–H groups in total. The van der Waals surface area contributed by atoms with Crippen molar-refractivity contribution in [3.63, 3.8) is 0 Å². The molecule has 6 rings (SSSR count). The monoisotopic (exact) mass is 778 g/mol. The standard InChI is InChI=1S/C17H16F3N5.C10H11NOS.U/c18-17(19,20)12-3-1-11(2-4-12)14-9-13-15(24-14)22-10-23-16(13)25-7-5-21-6-8-25;1-11(12)7-8-2-3-10-9(6-8)4-5-13-10;/h1-4,9-10,21H,5-8H2,(H,22,23,24);2-6,12H,7H2,1H3;. The molecule has 0 radical (unpaired) electrons. The van der Waals surface area contributed by atoms with Crippen molar-refractivity contribution in [3.8, 4) is 11.3 Å². The zero-order valence-corrected chi connectivity index (χ0v) is 26.1. The van der Waals surface area contributed by atoms with Gasteiger partial charge in [0, 0.05) is 81.3 Å². The first kappa shape index (κ1) is 29.5. The second-order valence-corrected chi connectivity index (χ2v) is 10.0. The van der Waals surface area contributed by atoms with Crippen LogP contribution in [0, 0.1) is 31.1 Å². The Kier molecular flexibility index (Phi) is 9.70. The minimum atomic E-state index is -4.33. The van der Waals surface area contributed by atoms with Crippen LogP contribution in [0.3, 0.4) is 0 Å². The van der Waals surface area contributed by atoms with Crippen molar-refractivity contribution in [2.24, 2.45) is 0 Å². The first-order valence-corrected chi connectivity index (χ1v) is 13.0. The van der Waals surface area contributed by atoms with Gasteiger partial charge in [-0.2, -0.15) is 18.2 Å². The summed E-state index contributed by atoms with van der Waals surface area (Å²) in [7, 11) is 1.65. The summed E-state index contributed by atoms with van der Waals surface area (Å²) < 4.78 is 39.4. The van der Waals surface area contributed by atoms with E-state index in [1.165, 1.54) is 33.6 Å². The van der Waals surface area contributed by atoms with Gasteiger partial charge in [-0.05, 0) is 58.3 Å². The first-order chi connectivity index (χ1) is 18.3. The van der Waals surface area contributed by atoms with E-state index in [1.807, 2.05) is 12.1 Å². The third kappa shape index (κ3) is 7.20. The van der Waals surface area contributed by atoms with Gasteiger partial charge < -0.3 is 20.4 Å². The zero-order chi connectivity index (χ0) is 26.7. The van der Waals surface area contributed by atoms with E-state index in [9.17, 15) is 13.2 Å². The van der Waals surface area contributed by atoms with E-state index in [0.29, 0.717) is 17.8 Å². The summed E-state index contributed by atoms with van der Waals surface area (Å²) in [5.41, 5.74) is 2.56. The van der Waals surface area contributed by atoms with Gasteiger partial charge in [-0.3, -0.25) is 0 Å². The summed E-state index contributed by atoms with van der Waals surface area (Å²) in [6.07, 6.45) is -2.83. The molecule has 1 saturated heterocycles. The Morgan fingerprint density at radius 2 is 1.77 bits per heavy atom. The van der Waals surface area contributed by atoms with Gasteiger partial charge in [-0.25, -0.2) is 9.97 Å². The minimum absolute atomic E-state index is 0. The van der Waals surface area contributed by atoms with E-state index >= 15 is 0 Å². The van der Waals surface area contributed by atoms with E-state index < -0.39 is 11.7 Å². The van der Waals surface area contributed by atoms with Crippen molar-refractivity contribution in [1.82, 2.24) is 25.3 Å². The van der Waals surface area contributed by atoms with E-state index in [1.54, 1.807) is 18.4 Å². The molecule has 7 nitrogen and oxygen atoms in total. The van der Waals surface area contributed by atoms with Crippen LogP contribution < -0.4 is 10.2 Å². The topological polar surface area (TPSA) is 80.3 Å². The smallest absolute Gasteiger partial charge is 0.353 e. The van der Waals surface area contributed by atoms with E-state index in [-0.39, 0.29) is 31.1 Å². The van der Waals surface area contributed by atoms with Crippen LogP contribution in [-0.4, -0.2) is 58.4 Å². The maximum absolute atomic E-state index is 12.7. The van der Waals surface area contributed by atoms with Crippen molar-refractivity contribution in [1.29, 1.82) is 0 Å². The summed E-state index contributed by atoms with van der Waals surface area (Å²) in [6.45, 7) is 4.06. The Hall–Kier alpha value is -2.46. The van der Waals surface area contributed by atoms with Gasteiger partial charge in [0.15, 0.2) is 0 Å². The van der Waals surface area contributed by atoms with Gasteiger partial charge >= 0.3 is 6.18 Å². The summed E-state index contributed by atoms with van der Waals surface area (Å²) in [5, 5.41) is 17.8. The number of hydroxylamine groups is 2. The van der Waals surface area contributed by atoms with Gasteiger partial charge in [0.05, 0.1) is 10.9 Å². The molecule has 4 heterocycles. The van der Waals surface area contributed by atoms with Crippen molar-refractivity contribution >= 4 is 38.3 Å². The van der Waals surface area contributed by atoms with Crippen LogP contribution in [0.25, 0.3) is 32.4 Å². The molecule has 12 heteroatoms. The van der Waals surface area contributed by atoms with Crippen LogP contribution in [0.5, 0.6) is 0 Å². The van der Waals surface area contributed by atoms with Crippen LogP contribution >= 0.6 is 11.3 Å². The fourth-order valence-corrected chi connectivity index (χ4v) is 5.20. The molecule has 202 valence electrons. The summed E-state index contributed by atoms with van der Waals surface area (Å²) in [5.74, 6) is 0.848. The zero-order valence-electron chi connectivity index (χ0n) is 21.2. The molecule has 0 atom stereocenters. The van der Waals surface area contributed by atoms with E-state index in [2.05, 4.69) is 48.7 Å². The number of halogens is 3. The quantitative estimate of drug-likeness (QED) is 0.201.